The average molecular weight is 935 g/mol. The largest absolute Gasteiger partial charge is 0.460 e. The van der Waals surface area contributed by atoms with E-state index in [1.54, 1.807) is 27.7 Å². The van der Waals surface area contributed by atoms with Crippen LogP contribution in [-0.4, -0.2) is 65.0 Å². The number of benzene rings is 1. The van der Waals surface area contributed by atoms with Crippen molar-refractivity contribution in [3.63, 3.8) is 0 Å². The van der Waals surface area contributed by atoms with E-state index < -0.39 is 82.8 Å². The molecule has 5 nitrogen and oxygen atoms in total. The van der Waals surface area contributed by atoms with E-state index in [2.05, 4.69) is 48.5 Å². The van der Waals surface area contributed by atoms with Gasteiger partial charge in [-0.3, -0.25) is 4.79 Å². The maximum Gasteiger partial charge on any atom is 0.460 e. The number of carbonyl (C=O) groups excluding carboxylic acids is 1. The van der Waals surface area contributed by atoms with Crippen molar-refractivity contribution in [1.29, 1.82) is 0 Å². The van der Waals surface area contributed by atoms with E-state index in [-0.39, 0.29) is 41.4 Å². The molecule has 0 radical (unpaired) electrons. The average Bonchev–Trinajstić information content (AvgIpc) is 3.16. The lowest BCUT2D eigenvalue weighted by atomic mass is 9.90. The van der Waals surface area contributed by atoms with E-state index in [1.807, 2.05) is 30.3 Å². The molecule has 1 aromatic carbocycles. The molecule has 1 heterocycles. The van der Waals surface area contributed by atoms with E-state index >= 15 is 8.78 Å². The van der Waals surface area contributed by atoms with Crippen molar-refractivity contribution in [3.05, 3.63) is 48.0 Å². The lowest BCUT2D eigenvalue weighted by Gasteiger charge is -2.46. The lowest BCUT2D eigenvalue weighted by molar-refractivity contribution is -0.396. The number of ketones is 1. The van der Waals surface area contributed by atoms with Gasteiger partial charge in [0.25, 0.3) is 0 Å². The first kappa shape index (κ1) is 56.4. The summed E-state index contributed by atoms with van der Waals surface area (Å²) in [5.41, 5.74) is -0.131. The summed E-state index contributed by atoms with van der Waals surface area (Å²) in [4.78, 5) is 13.8. The predicted octanol–water partition coefficient (Wildman–Crippen LogP) is 15.7. The molecule has 0 amide bonds. The molecule has 1 aliphatic rings. The second kappa shape index (κ2) is 24.2. The Labute approximate surface area is 367 Å². The van der Waals surface area contributed by atoms with Crippen LogP contribution in [-0.2, 0) is 29.7 Å². The van der Waals surface area contributed by atoms with Gasteiger partial charge in [0.1, 0.15) is 6.10 Å². The van der Waals surface area contributed by atoms with Crippen molar-refractivity contribution >= 4 is 22.4 Å². The van der Waals surface area contributed by atoms with Crippen molar-refractivity contribution in [2.45, 2.75) is 230 Å². The zero-order chi connectivity index (χ0) is 47.3. The molecule has 1 aliphatic heterocycles. The SMILES string of the molecule is CCCCC[C@H]1CCCCC[C@@H](O[Si](C(C)C)(C(C)C)C(C)C)O[C@@H](OCc2ccccc2)[C@H](O[Si](CCC(F)(F)C(F)(F)C(F)(F)C(F)(F)F)(C(C)C)C(C)C)C=CC(=O)C1. The van der Waals surface area contributed by atoms with Gasteiger partial charge in [-0.1, -0.05) is 151 Å². The van der Waals surface area contributed by atoms with Crippen LogP contribution < -0.4 is 0 Å². The van der Waals surface area contributed by atoms with Crippen LogP contribution in [0.3, 0.4) is 0 Å². The van der Waals surface area contributed by atoms with Crippen LogP contribution in [0.25, 0.3) is 0 Å². The lowest BCUT2D eigenvalue weighted by Crippen LogP contribution is -2.61. The number of hydrogen-bond acceptors (Lipinski definition) is 5. The summed E-state index contributed by atoms with van der Waals surface area (Å²) >= 11 is 0. The van der Waals surface area contributed by atoms with Gasteiger partial charge < -0.3 is 18.3 Å². The van der Waals surface area contributed by atoms with Crippen molar-refractivity contribution in [2.24, 2.45) is 5.92 Å². The van der Waals surface area contributed by atoms with Gasteiger partial charge in [-0.2, -0.15) is 39.5 Å². The Morgan fingerprint density at radius 3 is 1.81 bits per heavy atom. The molecule has 0 aliphatic carbocycles. The van der Waals surface area contributed by atoms with Gasteiger partial charge in [-0.15, -0.1) is 0 Å². The summed E-state index contributed by atoms with van der Waals surface area (Å²) < 4.78 is 155. The highest BCUT2D eigenvalue weighted by molar-refractivity contribution is 6.77. The summed E-state index contributed by atoms with van der Waals surface area (Å²) in [5.74, 6) is -19.7. The van der Waals surface area contributed by atoms with E-state index in [4.69, 9.17) is 18.3 Å². The van der Waals surface area contributed by atoms with Crippen molar-refractivity contribution in [1.82, 2.24) is 0 Å². The van der Waals surface area contributed by atoms with Gasteiger partial charge in [0.15, 0.2) is 26.7 Å². The Morgan fingerprint density at radius 2 is 1.29 bits per heavy atom. The molecular formula is C46H75F9O5Si2. The molecule has 4 atom stereocenters. The summed E-state index contributed by atoms with van der Waals surface area (Å²) in [6, 6.07) is 8.16. The van der Waals surface area contributed by atoms with E-state index in [1.165, 1.54) is 12.2 Å². The second-order valence-electron chi connectivity index (χ2n) is 18.9. The fourth-order valence-electron chi connectivity index (χ4n) is 9.34. The maximum atomic E-state index is 15.3. The highest BCUT2D eigenvalue weighted by Crippen LogP contribution is 2.55. The number of halogens is 9. The molecule has 0 saturated heterocycles. The number of rotatable bonds is 21. The Morgan fingerprint density at radius 1 is 0.726 bits per heavy atom. The second-order valence-corrected chi connectivity index (χ2v) is 29.3. The summed E-state index contributed by atoms with van der Waals surface area (Å²) in [6.07, 6.45) is -1.85. The van der Waals surface area contributed by atoms with E-state index in [0.29, 0.717) is 12.8 Å². The first-order chi connectivity index (χ1) is 28.6. The zero-order valence-corrected chi connectivity index (χ0v) is 40.9. The summed E-state index contributed by atoms with van der Waals surface area (Å²) in [7, 11) is -6.61. The number of hydrogen-bond donors (Lipinski definition) is 0. The molecule has 1 aromatic rings. The summed E-state index contributed by atoms with van der Waals surface area (Å²) in [6.45, 7) is 21.3. The maximum absolute atomic E-state index is 15.3. The van der Waals surface area contributed by atoms with Crippen molar-refractivity contribution in [3.8, 4) is 0 Å². The molecule has 0 unspecified atom stereocenters. The Kier molecular flexibility index (Phi) is 22.0. The number of allylic oxidation sites excluding steroid dienone is 1. The van der Waals surface area contributed by atoms with Crippen LogP contribution in [0.5, 0.6) is 0 Å². The number of ether oxygens (including phenoxy) is 2. The molecule has 360 valence electrons. The Hall–Kier alpha value is -1.73. The predicted molar refractivity (Wildman–Crippen MR) is 233 cm³/mol. The molecule has 16 heteroatoms. The van der Waals surface area contributed by atoms with Crippen LogP contribution in [0.1, 0.15) is 152 Å². The molecule has 62 heavy (non-hydrogen) atoms. The van der Waals surface area contributed by atoms with Gasteiger partial charge in [-0.05, 0) is 70.2 Å². The Bertz CT molecular complexity index is 1460. The monoisotopic (exact) mass is 935 g/mol. The highest BCUT2D eigenvalue weighted by atomic mass is 28.4. The molecule has 0 bridgehead atoms. The van der Waals surface area contributed by atoms with Crippen molar-refractivity contribution < 1.29 is 62.6 Å². The molecule has 2 rings (SSSR count). The van der Waals surface area contributed by atoms with Gasteiger partial charge in [-0.25, -0.2) is 0 Å². The summed E-state index contributed by atoms with van der Waals surface area (Å²) in [5, 5.41) is 0. The topological polar surface area (TPSA) is 54.0 Å². The minimum Gasteiger partial charge on any atom is -0.405 e. The first-order valence-corrected chi connectivity index (χ1v) is 27.1. The molecule has 0 aromatic heterocycles. The van der Waals surface area contributed by atoms with Gasteiger partial charge in [0.05, 0.1) is 6.61 Å². The smallest absolute Gasteiger partial charge is 0.405 e. The minimum atomic E-state index is -7.01. The van der Waals surface area contributed by atoms with Crippen LogP contribution in [0.4, 0.5) is 39.5 Å². The molecular weight excluding hydrogens is 860 g/mol. The van der Waals surface area contributed by atoms with Crippen molar-refractivity contribution in [2.75, 3.05) is 0 Å². The van der Waals surface area contributed by atoms with Gasteiger partial charge in [0, 0.05) is 12.8 Å². The van der Waals surface area contributed by atoms with Crippen LogP contribution in [0, 0.1) is 5.92 Å². The first-order valence-electron chi connectivity index (χ1n) is 22.7. The number of carbonyl (C=O) groups is 1. The zero-order valence-electron chi connectivity index (χ0n) is 38.9. The molecule has 0 saturated carbocycles. The Balaban J connectivity index is 2.87. The third-order valence-electron chi connectivity index (χ3n) is 12.9. The third-order valence-corrected chi connectivity index (χ3v) is 24.7. The standard InChI is InChI=1S/C46H75F9O5Si2/c1-12-13-16-21-37-22-17-15-20-25-41(60-62(34(6)7,35(8)9)36(10)11)58-42(57-31-38-23-18-14-19-24-38)40(27-26-39(56)30-37)59-61(32(2)3,33(4)5)29-28-43(47,48)44(49,50)45(51,52)46(53,54)55/h14,18-19,23-24,26-27,32-37,40-42H,12-13,15-17,20-22,25,28-31H2,1-11H3/t37-,40+,41+,42+/m0/s1. The van der Waals surface area contributed by atoms with Gasteiger partial charge >= 0.3 is 23.9 Å². The van der Waals surface area contributed by atoms with Crippen LogP contribution in [0.2, 0.25) is 33.7 Å². The minimum absolute atomic E-state index is 0.0325. The van der Waals surface area contributed by atoms with E-state index in [9.17, 15) is 35.5 Å². The highest BCUT2D eigenvalue weighted by Gasteiger charge is 2.81. The number of unbranched alkanes of at least 4 members (excludes halogenated alkanes) is 2. The third kappa shape index (κ3) is 14.4. The fraction of sp³-hybridized carbons (Fsp3) is 0.804. The quantitative estimate of drug-likeness (QED) is 0.0698. The normalized spacial score (nSPS) is 21.5. The number of alkyl halides is 9. The van der Waals surface area contributed by atoms with Gasteiger partial charge in [0.2, 0.25) is 8.32 Å². The van der Waals surface area contributed by atoms with E-state index in [0.717, 1.165) is 50.5 Å². The molecule has 0 N–H and O–H groups in total. The molecule has 0 spiro atoms. The van der Waals surface area contributed by atoms with Crippen LogP contribution in [0.15, 0.2) is 42.5 Å². The molecule has 0 fully saturated rings. The van der Waals surface area contributed by atoms with Crippen LogP contribution >= 0.6 is 0 Å². The fourth-order valence-corrected chi connectivity index (χ4v) is 19.3.